The number of hydrogen-bond donors (Lipinski definition) is 2. The Balaban J connectivity index is 2.15. The second-order valence-electron chi connectivity index (χ2n) is 3.45. The van der Waals surface area contributed by atoms with Gasteiger partial charge in [0.05, 0.1) is 18.1 Å². The summed E-state index contributed by atoms with van der Waals surface area (Å²) in [5.41, 5.74) is 3.88. The molecule has 0 radical (unpaired) electrons. The van der Waals surface area contributed by atoms with E-state index in [4.69, 9.17) is 5.84 Å². The van der Waals surface area contributed by atoms with Crippen molar-refractivity contribution in [2.75, 3.05) is 0 Å². The van der Waals surface area contributed by atoms with Crippen molar-refractivity contribution in [1.82, 2.24) is 15.0 Å². The number of aromatic nitrogens is 2. The maximum atomic E-state index is 5.46. The van der Waals surface area contributed by atoms with Crippen LogP contribution >= 0.6 is 0 Å². The minimum Gasteiger partial charge on any atom is -0.340 e. The normalized spacial score (nSPS) is 19.5. The van der Waals surface area contributed by atoms with E-state index in [-0.39, 0.29) is 6.04 Å². The second kappa shape index (κ2) is 2.88. The molecular weight excluding hydrogens is 152 g/mol. The number of aryl methyl sites for hydroxylation is 1. The Morgan fingerprint density at radius 1 is 1.75 bits per heavy atom. The lowest BCUT2D eigenvalue weighted by molar-refractivity contribution is 0.486. The van der Waals surface area contributed by atoms with Crippen LogP contribution in [0.3, 0.4) is 0 Å². The summed E-state index contributed by atoms with van der Waals surface area (Å²) in [5, 5.41) is 0. The van der Waals surface area contributed by atoms with Crippen LogP contribution in [-0.4, -0.2) is 9.55 Å². The molecule has 1 saturated carbocycles. The molecule has 1 aromatic rings. The first kappa shape index (κ1) is 7.76. The predicted octanol–water partition coefficient (Wildman–Crippen LogP) is 0.334. The molecule has 1 heterocycles. The van der Waals surface area contributed by atoms with Gasteiger partial charge in [0.2, 0.25) is 0 Å². The number of imidazole rings is 1. The maximum Gasteiger partial charge on any atom is 0.0947 e. The van der Waals surface area contributed by atoms with E-state index < -0.39 is 0 Å². The quantitative estimate of drug-likeness (QED) is 0.502. The highest BCUT2D eigenvalue weighted by Crippen LogP contribution is 2.39. The summed E-state index contributed by atoms with van der Waals surface area (Å²) < 4.78 is 1.95. The molecule has 12 heavy (non-hydrogen) atoms. The fraction of sp³-hybridized carbons (Fsp3) is 0.625. The van der Waals surface area contributed by atoms with Crippen molar-refractivity contribution in [3.63, 3.8) is 0 Å². The predicted molar refractivity (Wildman–Crippen MR) is 46.0 cm³/mol. The van der Waals surface area contributed by atoms with Gasteiger partial charge in [-0.05, 0) is 18.8 Å². The molecule has 1 aliphatic carbocycles. The van der Waals surface area contributed by atoms with E-state index >= 15 is 0 Å². The van der Waals surface area contributed by atoms with Gasteiger partial charge in [0.15, 0.2) is 0 Å². The summed E-state index contributed by atoms with van der Waals surface area (Å²) in [5.74, 6) is 6.15. The van der Waals surface area contributed by atoms with Crippen LogP contribution in [-0.2, 0) is 7.05 Å². The number of rotatable bonds is 3. The third-order valence-corrected chi connectivity index (χ3v) is 2.32. The third kappa shape index (κ3) is 1.35. The Hall–Kier alpha value is -0.870. The fourth-order valence-electron chi connectivity index (χ4n) is 1.49. The van der Waals surface area contributed by atoms with Crippen molar-refractivity contribution < 1.29 is 0 Å². The van der Waals surface area contributed by atoms with Gasteiger partial charge in [-0.1, -0.05) is 0 Å². The van der Waals surface area contributed by atoms with Gasteiger partial charge in [-0.15, -0.1) is 0 Å². The van der Waals surface area contributed by atoms with Crippen molar-refractivity contribution in [3.8, 4) is 0 Å². The highest BCUT2D eigenvalue weighted by molar-refractivity contribution is 5.07. The van der Waals surface area contributed by atoms with Crippen LogP contribution in [0.25, 0.3) is 0 Å². The van der Waals surface area contributed by atoms with E-state index in [0.29, 0.717) is 5.92 Å². The number of nitrogens with two attached hydrogens (primary N) is 1. The smallest absolute Gasteiger partial charge is 0.0947 e. The lowest BCUT2D eigenvalue weighted by Gasteiger charge is -2.10. The molecule has 0 aliphatic heterocycles. The molecule has 2 rings (SSSR count). The van der Waals surface area contributed by atoms with Crippen LogP contribution in [0.5, 0.6) is 0 Å². The van der Waals surface area contributed by atoms with Crippen LogP contribution in [0, 0.1) is 5.92 Å². The van der Waals surface area contributed by atoms with Crippen LogP contribution in [0.15, 0.2) is 12.5 Å². The molecule has 66 valence electrons. The van der Waals surface area contributed by atoms with Gasteiger partial charge in [-0.2, -0.15) is 0 Å². The van der Waals surface area contributed by atoms with Crippen LogP contribution in [0.2, 0.25) is 0 Å². The van der Waals surface area contributed by atoms with Crippen LogP contribution in [0.4, 0.5) is 0 Å². The number of nitrogens with one attached hydrogen (secondary N) is 1. The van der Waals surface area contributed by atoms with E-state index in [9.17, 15) is 0 Å². The Morgan fingerprint density at radius 2 is 2.50 bits per heavy atom. The monoisotopic (exact) mass is 166 g/mol. The zero-order valence-electron chi connectivity index (χ0n) is 7.20. The average Bonchev–Trinajstić information content (AvgIpc) is 2.78. The summed E-state index contributed by atoms with van der Waals surface area (Å²) >= 11 is 0. The molecule has 4 heteroatoms. The zero-order chi connectivity index (χ0) is 8.55. The number of hydrogen-bond acceptors (Lipinski definition) is 3. The van der Waals surface area contributed by atoms with E-state index in [1.54, 1.807) is 0 Å². The molecule has 0 aromatic carbocycles. The fourth-order valence-corrected chi connectivity index (χ4v) is 1.49. The van der Waals surface area contributed by atoms with E-state index in [1.807, 2.05) is 24.1 Å². The van der Waals surface area contributed by atoms with Crippen molar-refractivity contribution in [3.05, 3.63) is 18.2 Å². The summed E-state index contributed by atoms with van der Waals surface area (Å²) in [6.45, 7) is 0. The average molecular weight is 166 g/mol. The van der Waals surface area contributed by atoms with Gasteiger partial charge >= 0.3 is 0 Å². The first-order chi connectivity index (χ1) is 5.81. The zero-order valence-corrected chi connectivity index (χ0v) is 7.20. The molecule has 1 aromatic heterocycles. The molecule has 0 spiro atoms. The van der Waals surface area contributed by atoms with Crippen molar-refractivity contribution >= 4 is 0 Å². The van der Waals surface area contributed by atoms with E-state index in [2.05, 4.69) is 10.4 Å². The van der Waals surface area contributed by atoms with Gasteiger partial charge in [0, 0.05) is 13.2 Å². The number of hydrazine groups is 1. The summed E-state index contributed by atoms with van der Waals surface area (Å²) in [6, 6.07) is 0.256. The SMILES string of the molecule is Cn1cnc(C(NN)C2CC2)c1. The summed E-state index contributed by atoms with van der Waals surface area (Å²) in [7, 11) is 1.97. The molecular formula is C8H14N4. The van der Waals surface area contributed by atoms with Gasteiger partial charge in [-0.25, -0.2) is 4.98 Å². The van der Waals surface area contributed by atoms with E-state index in [0.717, 1.165) is 5.69 Å². The molecule has 0 amide bonds. The molecule has 1 unspecified atom stereocenters. The Kier molecular flexibility index (Phi) is 1.86. The highest BCUT2D eigenvalue weighted by atomic mass is 15.2. The van der Waals surface area contributed by atoms with Crippen molar-refractivity contribution in [1.29, 1.82) is 0 Å². The molecule has 1 fully saturated rings. The standard InChI is InChI=1S/C8H14N4/c1-12-4-7(10-5-12)8(11-9)6-2-3-6/h4-6,8,11H,2-3,9H2,1H3. The van der Waals surface area contributed by atoms with E-state index in [1.165, 1.54) is 12.8 Å². The number of nitrogens with zero attached hydrogens (tertiary/aromatic N) is 2. The maximum absolute atomic E-state index is 5.46. The highest BCUT2D eigenvalue weighted by Gasteiger charge is 2.32. The summed E-state index contributed by atoms with van der Waals surface area (Å²) in [4.78, 5) is 4.27. The van der Waals surface area contributed by atoms with Crippen LogP contribution < -0.4 is 11.3 Å². The molecule has 1 atom stereocenters. The first-order valence-corrected chi connectivity index (χ1v) is 4.25. The lowest BCUT2D eigenvalue weighted by atomic mass is 10.1. The molecule has 0 saturated heterocycles. The Bertz CT molecular complexity index is 264. The Morgan fingerprint density at radius 3 is 2.92 bits per heavy atom. The van der Waals surface area contributed by atoms with Gasteiger partial charge < -0.3 is 4.57 Å². The van der Waals surface area contributed by atoms with Crippen LogP contribution in [0.1, 0.15) is 24.6 Å². The van der Waals surface area contributed by atoms with Gasteiger partial charge in [-0.3, -0.25) is 11.3 Å². The molecule has 1 aliphatic rings. The molecule has 0 bridgehead atoms. The lowest BCUT2D eigenvalue weighted by Crippen LogP contribution is -2.29. The first-order valence-electron chi connectivity index (χ1n) is 4.25. The topological polar surface area (TPSA) is 55.9 Å². The van der Waals surface area contributed by atoms with Gasteiger partial charge in [0.1, 0.15) is 0 Å². The minimum absolute atomic E-state index is 0.256. The van der Waals surface area contributed by atoms with Crippen molar-refractivity contribution in [2.45, 2.75) is 18.9 Å². The van der Waals surface area contributed by atoms with Gasteiger partial charge in [0.25, 0.3) is 0 Å². The largest absolute Gasteiger partial charge is 0.340 e. The minimum atomic E-state index is 0.256. The van der Waals surface area contributed by atoms with Crippen molar-refractivity contribution in [2.24, 2.45) is 18.8 Å². The molecule has 3 N–H and O–H groups in total. The molecule has 4 nitrogen and oxygen atoms in total. The summed E-state index contributed by atoms with van der Waals surface area (Å²) in [6.07, 6.45) is 6.36. The second-order valence-corrected chi connectivity index (χ2v) is 3.45. The third-order valence-electron chi connectivity index (χ3n) is 2.32. The Labute approximate surface area is 71.7 Å².